The lowest BCUT2D eigenvalue weighted by molar-refractivity contribution is 0.0995. The number of aromatic amines is 1. The molecular formula is C17H15N5O2. The van der Waals surface area contributed by atoms with Gasteiger partial charge in [0.05, 0.1) is 5.69 Å². The fraction of sp³-hybridized carbons (Fsp3) is 0.0588. The Hall–Kier alpha value is -3.48. The molecule has 4 N–H and O–H groups in total. The Balaban J connectivity index is 1.90. The summed E-state index contributed by atoms with van der Waals surface area (Å²) < 4.78 is 0. The zero-order valence-electron chi connectivity index (χ0n) is 12.9. The molecule has 0 saturated carbocycles. The first kappa shape index (κ1) is 15.4. The van der Waals surface area contributed by atoms with Gasteiger partial charge in [-0.2, -0.15) is 0 Å². The van der Waals surface area contributed by atoms with Gasteiger partial charge < -0.3 is 16.0 Å². The molecule has 0 saturated heterocycles. The van der Waals surface area contributed by atoms with Gasteiger partial charge in [0.1, 0.15) is 11.5 Å². The van der Waals surface area contributed by atoms with E-state index in [4.69, 9.17) is 5.73 Å². The number of pyridine rings is 1. The molecule has 0 aliphatic heterocycles. The second kappa shape index (κ2) is 6.33. The molecule has 120 valence electrons. The second-order valence-corrected chi connectivity index (χ2v) is 5.21. The average molecular weight is 321 g/mol. The van der Waals surface area contributed by atoms with Gasteiger partial charge in [-0.3, -0.25) is 14.6 Å². The number of carbonyl (C=O) groups excluding carboxylic acids is 2. The molecule has 0 radical (unpaired) electrons. The maximum atomic E-state index is 12.5. The first-order chi connectivity index (χ1) is 11.5. The van der Waals surface area contributed by atoms with E-state index < -0.39 is 5.91 Å². The van der Waals surface area contributed by atoms with Gasteiger partial charge in [0.25, 0.3) is 11.8 Å². The van der Waals surface area contributed by atoms with Crippen molar-refractivity contribution < 1.29 is 9.59 Å². The highest BCUT2D eigenvalue weighted by atomic mass is 16.2. The second-order valence-electron chi connectivity index (χ2n) is 5.21. The summed E-state index contributed by atoms with van der Waals surface area (Å²) in [5, 5.41) is 2.82. The van der Waals surface area contributed by atoms with E-state index in [9.17, 15) is 9.59 Å². The van der Waals surface area contributed by atoms with Crippen molar-refractivity contribution in [3.63, 3.8) is 0 Å². The summed E-state index contributed by atoms with van der Waals surface area (Å²) in [6.45, 7) is 1.90. The van der Waals surface area contributed by atoms with E-state index in [0.717, 1.165) is 11.3 Å². The van der Waals surface area contributed by atoms with E-state index in [2.05, 4.69) is 20.3 Å². The van der Waals surface area contributed by atoms with E-state index in [-0.39, 0.29) is 11.6 Å². The predicted octanol–water partition coefficient (Wildman–Crippen LogP) is 2.13. The van der Waals surface area contributed by atoms with Gasteiger partial charge >= 0.3 is 0 Å². The monoisotopic (exact) mass is 321 g/mol. The minimum Gasteiger partial charge on any atom is -0.364 e. The number of para-hydroxylation sites is 1. The van der Waals surface area contributed by atoms with Gasteiger partial charge in [-0.15, -0.1) is 0 Å². The number of H-pyrrole nitrogens is 1. The molecular weight excluding hydrogens is 306 g/mol. The van der Waals surface area contributed by atoms with Crippen LogP contribution in [0.25, 0.3) is 11.4 Å². The van der Waals surface area contributed by atoms with Gasteiger partial charge in [0, 0.05) is 29.2 Å². The first-order valence-electron chi connectivity index (χ1n) is 7.23. The highest BCUT2D eigenvalue weighted by Crippen LogP contribution is 2.25. The van der Waals surface area contributed by atoms with Crippen LogP contribution in [0.1, 0.15) is 26.5 Å². The molecule has 0 spiro atoms. The summed E-state index contributed by atoms with van der Waals surface area (Å²) in [4.78, 5) is 34.9. The number of benzene rings is 1. The minimum absolute atomic E-state index is 0.0394. The summed E-state index contributed by atoms with van der Waals surface area (Å²) in [5.74, 6) is -0.386. The fourth-order valence-corrected chi connectivity index (χ4v) is 2.25. The number of aromatic nitrogens is 3. The summed E-state index contributed by atoms with van der Waals surface area (Å²) in [7, 11) is 0. The van der Waals surface area contributed by atoms with Gasteiger partial charge in [0.15, 0.2) is 0 Å². The SMILES string of the molecule is Cc1cnc(-c2ccccc2NC(=O)c2ccnc(C(N)=O)c2)[nH]1. The number of hydrogen-bond donors (Lipinski definition) is 3. The Morgan fingerprint density at radius 3 is 2.67 bits per heavy atom. The number of amides is 2. The summed E-state index contributed by atoms with van der Waals surface area (Å²) in [6, 6.07) is 10.2. The third-order valence-corrected chi connectivity index (χ3v) is 3.41. The van der Waals surface area contributed by atoms with Crippen LogP contribution >= 0.6 is 0 Å². The molecule has 7 heteroatoms. The van der Waals surface area contributed by atoms with Crippen molar-refractivity contribution in [2.24, 2.45) is 5.73 Å². The standard InChI is InChI=1S/C17H15N5O2/c1-10-9-20-16(21-10)12-4-2-3-5-13(12)22-17(24)11-6-7-19-14(8-11)15(18)23/h2-9H,1H3,(H2,18,23)(H,20,21)(H,22,24). The molecule has 7 nitrogen and oxygen atoms in total. The molecule has 3 aromatic rings. The first-order valence-corrected chi connectivity index (χ1v) is 7.23. The molecule has 3 rings (SSSR count). The van der Waals surface area contributed by atoms with Crippen molar-refractivity contribution in [2.75, 3.05) is 5.32 Å². The predicted molar refractivity (Wildman–Crippen MR) is 89.5 cm³/mol. The highest BCUT2D eigenvalue weighted by Gasteiger charge is 2.13. The molecule has 0 fully saturated rings. The van der Waals surface area contributed by atoms with Crippen molar-refractivity contribution in [1.82, 2.24) is 15.0 Å². The Kier molecular flexibility index (Phi) is 4.07. The van der Waals surface area contributed by atoms with E-state index >= 15 is 0 Å². The van der Waals surface area contributed by atoms with E-state index in [1.165, 1.54) is 18.3 Å². The Morgan fingerprint density at radius 1 is 1.17 bits per heavy atom. The van der Waals surface area contributed by atoms with Crippen molar-refractivity contribution in [1.29, 1.82) is 0 Å². The van der Waals surface area contributed by atoms with Gasteiger partial charge in [-0.25, -0.2) is 4.98 Å². The van der Waals surface area contributed by atoms with E-state index in [1.54, 1.807) is 12.3 Å². The van der Waals surface area contributed by atoms with Crippen LogP contribution in [0.2, 0.25) is 0 Å². The average Bonchev–Trinajstić information content (AvgIpc) is 3.01. The zero-order valence-corrected chi connectivity index (χ0v) is 12.9. The van der Waals surface area contributed by atoms with Crippen LogP contribution in [0.3, 0.4) is 0 Å². The Morgan fingerprint density at radius 2 is 1.96 bits per heavy atom. The number of nitrogens with zero attached hydrogens (tertiary/aromatic N) is 2. The molecule has 0 atom stereocenters. The van der Waals surface area contributed by atoms with Crippen LogP contribution in [0.15, 0.2) is 48.8 Å². The van der Waals surface area contributed by atoms with E-state index in [0.29, 0.717) is 17.1 Å². The van der Waals surface area contributed by atoms with Crippen LogP contribution in [-0.2, 0) is 0 Å². The van der Waals surface area contributed by atoms with Crippen LogP contribution in [-0.4, -0.2) is 26.8 Å². The number of rotatable bonds is 4. The molecule has 2 amide bonds. The molecule has 0 bridgehead atoms. The van der Waals surface area contributed by atoms with Crippen molar-refractivity contribution in [2.45, 2.75) is 6.92 Å². The molecule has 1 aromatic carbocycles. The Bertz CT molecular complexity index is 917. The van der Waals surface area contributed by atoms with Gasteiger partial charge in [-0.1, -0.05) is 12.1 Å². The number of nitrogens with two attached hydrogens (primary N) is 1. The van der Waals surface area contributed by atoms with Gasteiger partial charge in [-0.05, 0) is 31.2 Å². The number of primary amides is 1. The molecule has 2 heterocycles. The molecule has 0 unspecified atom stereocenters. The van der Waals surface area contributed by atoms with Crippen LogP contribution in [0.5, 0.6) is 0 Å². The number of aryl methyl sites for hydroxylation is 1. The lowest BCUT2D eigenvalue weighted by atomic mass is 10.1. The van der Waals surface area contributed by atoms with Crippen LogP contribution in [0.4, 0.5) is 5.69 Å². The van der Waals surface area contributed by atoms with Crippen molar-refractivity contribution in [3.8, 4) is 11.4 Å². The van der Waals surface area contributed by atoms with Crippen LogP contribution < -0.4 is 11.1 Å². The Labute approximate surface area is 138 Å². The molecule has 0 aliphatic rings. The van der Waals surface area contributed by atoms with Crippen molar-refractivity contribution >= 4 is 17.5 Å². The molecule has 24 heavy (non-hydrogen) atoms. The maximum Gasteiger partial charge on any atom is 0.267 e. The van der Waals surface area contributed by atoms with E-state index in [1.807, 2.05) is 25.1 Å². The lowest BCUT2D eigenvalue weighted by Gasteiger charge is -2.10. The highest BCUT2D eigenvalue weighted by molar-refractivity contribution is 6.07. The van der Waals surface area contributed by atoms with Crippen molar-refractivity contribution in [3.05, 3.63) is 65.7 Å². The number of imidazole rings is 1. The summed E-state index contributed by atoms with van der Waals surface area (Å²) in [5.41, 5.74) is 7.82. The van der Waals surface area contributed by atoms with Crippen LogP contribution in [0, 0.1) is 6.92 Å². The summed E-state index contributed by atoms with van der Waals surface area (Å²) in [6.07, 6.45) is 3.09. The fourth-order valence-electron chi connectivity index (χ4n) is 2.25. The molecule has 0 aliphatic carbocycles. The van der Waals surface area contributed by atoms with Gasteiger partial charge in [0.2, 0.25) is 0 Å². The largest absolute Gasteiger partial charge is 0.364 e. The number of carbonyl (C=O) groups is 2. The number of hydrogen-bond acceptors (Lipinski definition) is 4. The topological polar surface area (TPSA) is 114 Å². The quantitative estimate of drug-likeness (QED) is 0.683. The third kappa shape index (κ3) is 3.14. The smallest absolute Gasteiger partial charge is 0.267 e. The molecule has 2 aromatic heterocycles. The summed E-state index contributed by atoms with van der Waals surface area (Å²) >= 11 is 0. The number of anilines is 1. The third-order valence-electron chi connectivity index (χ3n) is 3.41. The normalized spacial score (nSPS) is 10.4. The zero-order chi connectivity index (χ0) is 17.1. The minimum atomic E-state index is -0.684. The lowest BCUT2D eigenvalue weighted by Crippen LogP contribution is -2.17. The maximum absolute atomic E-state index is 12.5. The number of nitrogens with one attached hydrogen (secondary N) is 2.